The van der Waals surface area contributed by atoms with Gasteiger partial charge in [-0.2, -0.15) is 0 Å². The summed E-state index contributed by atoms with van der Waals surface area (Å²) < 4.78 is 18.5. The molecule has 0 radical (unpaired) electrons. The van der Waals surface area contributed by atoms with Gasteiger partial charge in [0.1, 0.15) is 0 Å². The van der Waals surface area contributed by atoms with E-state index in [4.69, 9.17) is 4.55 Å². The Morgan fingerprint density at radius 2 is 2.00 bits per heavy atom. The summed E-state index contributed by atoms with van der Waals surface area (Å²) in [6.45, 7) is 5.43. The minimum absolute atomic E-state index is 0.431. The zero-order valence-electron chi connectivity index (χ0n) is 5.47. The Hall–Kier alpha value is 0.110. The Morgan fingerprint density at radius 1 is 1.62 bits per heavy atom. The normalized spacial score (nSPS) is 16.0. The van der Waals surface area contributed by atoms with Crippen molar-refractivity contribution in [2.75, 3.05) is 0 Å². The minimum Gasteiger partial charge on any atom is -0.306 e. The number of hydrogen-bond donors (Lipinski definition) is 1. The van der Waals surface area contributed by atoms with Crippen LogP contribution >= 0.6 is 0 Å². The van der Waals surface area contributed by atoms with Crippen molar-refractivity contribution in [1.82, 2.24) is 0 Å². The monoisotopic (exact) mass is 136 g/mol. The van der Waals surface area contributed by atoms with E-state index in [-0.39, 0.29) is 0 Å². The van der Waals surface area contributed by atoms with Crippen molar-refractivity contribution < 1.29 is 8.76 Å². The van der Waals surface area contributed by atoms with E-state index in [1.54, 1.807) is 13.8 Å². The Bertz CT molecular complexity index is 98.6. The second kappa shape index (κ2) is 2.60. The molecule has 0 fully saturated rings. The molecule has 8 heavy (non-hydrogen) atoms. The molecule has 0 aliphatic heterocycles. The van der Waals surface area contributed by atoms with Crippen LogP contribution in [0.2, 0.25) is 0 Å². The summed E-state index contributed by atoms with van der Waals surface area (Å²) in [6, 6.07) is 0. The lowest BCUT2D eigenvalue weighted by atomic mass is 10.1. The maximum absolute atomic E-state index is 10.4. The standard InChI is InChI=1S/C5H12O2S/c1-4-5(2,3)8(6)7/h4H2,1-3H3,(H,6,7). The first-order valence-corrected chi connectivity index (χ1v) is 3.72. The van der Waals surface area contributed by atoms with Gasteiger partial charge in [0.05, 0.1) is 4.75 Å². The van der Waals surface area contributed by atoms with E-state index in [1.165, 1.54) is 0 Å². The third-order valence-electron chi connectivity index (χ3n) is 1.32. The van der Waals surface area contributed by atoms with Gasteiger partial charge in [-0.3, -0.25) is 0 Å². The van der Waals surface area contributed by atoms with E-state index >= 15 is 0 Å². The molecule has 0 aliphatic carbocycles. The summed E-state index contributed by atoms with van der Waals surface area (Å²) in [7, 11) is 0. The fourth-order valence-corrected chi connectivity index (χ4v) is 0.370. The van der Waals surface area contributed by atoms with Gasteiger partial charge >= 0.3 is 0 Å². The Kier molecular flexibility index (Phi) is 2.63. The van der Waals surface area contributed by atoms with Gasteiger partial charge in [0, 0.05) is 0 Å². The summed E-state index contributed by atoms with van der Waals surface area (Å²) in [6.07, 6.45) is 0.732. The van der Waals surface area contributed by atoms with Gasteiger partial charge in [0.25, 0.3) is 0 Å². The van der Waals surface area contributed by atoms with Gasteiger partial charge < -0.3 is 4.55 Å². The lowest BCUT2D eigenvalue weighted by Crippen LogP contribution is -2.24. The van der Waals surface area contributed by atoms with Crippen molar-refractivity contribution in [3.63, 3.8) is 0 Å². The second-order valence-electron chi connectivity index (χ2n) is 2.36. The Morgan fingerprint density at radius 3 is 2.00 bits per heavy atom. The molecule has 0 spiro atoms. The van der Waals surface area contributed by atoms with E-state index in [0.717, 1.165) is 6.42 Å². The molecule has 0 heterocycles. The molecule has 0 saturated heterocycles. The predicted octanol–water partition coefficient (Wildman–Crippen LogP) is 1.40. The molecule has 3 heteroatoms. The molecule has 0 rings (SSSR count). The molecule has 2 nitrogen and oxygen atoms in total. The van der Waals surface area contributed by atoms with Crippen molar-refractivity contribution in [3.8, 4) is 0 Å². The van der Waals surface area contributed by atoms with Crippen molar-refractivity contribution in [2.45, 2.75) is 31.9 Å². The molecule has 0 aromatic carbocycles. The van der Waals surface area contributed by atoms with Crippen LogP contribution in [-0.4, -0.2) is 13.5 Å². The first kappa shape index (κ1) is 8.11. The molecule has 0 aromatic heterocycles. The van der Waals surface area contributed by atoms with E-state index in [1.807, 2.05) is 6.92 Å². The summed E-state index contributed by atoms with van der Waals surface area (Å²) in [4.78, 5) is 0. The molecule has 0 bridgehead atoms. The largest absolute Gasteiger partial charge is 0.306 e. The average Bonchev–Trinajstić information content (AvgIpc) is 1.67. The second-order valence-corrected chi connectivity index (χ2v) is 3.97. The molecule has 1 atom stereocenters. The highest BCUT2D eigenvalue weighted by molar-refractivity contribution is 7.80. The van der Waals surface area contributed by atoms with Crippen molar-refractivity contribution in [2.24, 2.45) is 0 Å². The predicted molar refractivity (Wildman–Crippen MR) is 35.1 cm³/mol. The molecule has 1 N–H and O–H groups in total. The smallest absolute Gasteiger partial charge is 0.158 e. The van der Waals surface area contributed by atoms with E-state index < -0.39 is 15.8 Å². The van der Waals surface area contributed by atoms with Crippen LogP contribution in [0.5, 0.6) is 0 Å². The number of hydrogen-bond acceptors (Lipinski definition) is 1. The highest BCUT2D eigenvalue weighted by Gasteiger charge is 2.21. The van der Waals surface area contributed by atoms with E-state index in [0.29, 0.717) is 0 Å². The first-order valence-electron chi connectivity index (χ1n) is 2.61. The van der Waals surface area contributed by atoms with E-state index in [2.05, 4.69) is 0 Å². The molecule has 0 aromatic rings. The lowest BCUT2D eigenvalue weighted by molar-refractivity contribution is 0.510. The molecule has 50 valence electrons. The van der Waals surface area contributed by atoms with Crippen LogP contribution in [0.1, 0.15) is 27.2 Å². The average molecular weight is 136 g/mol. The van der Waals surface area contributed by atoms with Crippen molar-refractivity contribution >= 4 is 11.1 Å². The fraction of sp³-hybridized carbons (Fsp3) is 1.00. The van der Waals surface area contributed by atoms with Crippen LogP contribution in [0, 0.1) is 0 Å². The zero-order chi connectivity index (χ0) is 6.78. The molecular formula is C5H12O2S. The van der Waals surface area contributed by atoms with Crippen LogP contribution in [0.25, 0.3) is 0 Å². The molecule has 0 amide bonds. The van der Waals surface area contributed by atoms with Gasteiger partial charge in [-0.05, 0) is 20.3 Å². The highest BCUT2D eigenvalue weighted by atomic mass is 32.2. The van der Waals surface area contributed by atoms with Crippen LogP contribution in [0.3, 0.4) is 0 Å². The summed E-state index contributed by atoms with van der Waals surface area (Å²) in [5.41, 5.74) is 0. The van der Waals surface area contributed by atoms with Gasteiger partial charge in [0.2, 0.25) is 0 Å². The van der Waals surface area contributed by atoms with Gasteiger partial charge in [0.15, 0.2) is 11.1 Å². The SMILES string of the molecule is CCC(C)(C)S(=O)O. The summed E-state index contributed by atoms with van der Waals surface area (Å²) in [5.74, 6) is 0. The van der Waals surface area contributed by atoms with Gasteiger partial charge in [-0.25, -0.2) is 4.21 Å². The maximum atomic E-state index is 10.4. The molecule has 1 unspecified atom stereocenters. The first-order chi connectivity index (χ1) is 3.50. The minimum atomic E-state index is -1.68. The molecule has 0 saturated carbocycles. The zero-order valence-corrected chi connectivity index (χ0v) is 6.29. The molecular weight excluding hydrogens is 124 g/mol. The van der Waals surface area contributed by atoms with Crippen molar-refractivity contribution in [3.05, 3.63) is 0 Å². The van der Waals surface area contributed by atoms with Crippen molar-refractivity contribution in [1.29, 1.82) is 0 Å². The summed E-state index contributed by atoms with van der Waals surface area (Å²) in [5, 5.41) is 0. The highest BCUT2D eigenvalue weighted by Crippen LogP contribution is 2.14. The quantitative estimate of drug-likeness (QED) is 0.582. The third-order valence-corrected chi connectivity index (χ3v) is 2.56. The third kappa shape index (κ3) is 1.92. The fourth-order valence-electron chi connectivity index (χ4n) is 0.123. The van der Waals surface area contributed by atoms with Crippen LogP contribution in [0.4, 0.5) is 0 Å². The Labute approximate surface area is 52.6 Å². The molecule has 0 aliphatic rings. The van der Waals surface area contributed by atoms with Crippen LogP contribution in [-0.2, 0) is 11.1 Å². The Balaban J connectivity index is 3.91. The topological polar surface area (TPSA) is 37.3 Å². The lowest BCUT2D eigenvalue weighted by Gasteiger charge is -2.15. The van der Waals surface area contributed by atoms with Gasteiger partial charge in [-0.1, -0.05) is 6.92 Å². The van der Waals surface area contributed by atoms with Gasteiger partial charge in [-0.15, -0.1) is 0 Å². The van der Waals surface area contributed by atoms with Crippen LogP contribution in [0.15, 0.2) is 0 Å². The van der Waals surface area contributed by atoms with Crippen LogP contribution < -0.4 is 0 Å². The summed E-state index contributed by atoms with van der Waals surface area (Å²) >= 11 is -1.68. The van der Waals surface area contributed by atoms with E-state index in [9.17, 15) is 4.21 Å². The maximum Gasteiger partial charge on any atom is 0.158 e. The number of rotatable bonds is 2.